The Morgan fingerprint density at radius 1 is 1.17 bits per heavy atom. The van der Waals surface area contributed by atoms with E-state index in [9.17, 15) is 35.9 Å². The van der Waals surface area contributed by atoms with E-state index in [1.807, 2.05) is 0 Å². The SMILES string of the molecule is CN=CC(C=N)[C@H]1[C@H](C(=O)Nc2cccc(OC(F)(F)F)c2)c2ccccc2C(=O)N1CC(F)(F)F. The molecule has 1 heterocycles. The number of nitrogens with zero attached hydrogens (tertiary/aromatic N) is 2. The van der Waals surface area contributed by atoms with Gasteiger partial charge in [-0.15, -0.1) is 13.2 Å². The fraction of sp³-hybridized carbons (Fsp3) is 0.304. The number of hydrogen-bond acceptors (Lipinski definition) is 5. The van der Waals surface area contributed by atoms with Crippen LogP contribution in [0.1, 0.15) is 21.8 Å². The maximum Gasteiger partial charge on any atom is 0.573 e. The van der Waals surface area contributed by atoms with E-state index in [1.54, 1.807) is 0 Å². The molecule has 3 rings (SSSR count). The molecule has 3 atom stereocenters. The molecule has 0 saturated carbocycles. The van der Waals surface area contributed by atoms with Gasteiger partial charge in [-0.05, 0) is 23.8 Å². The van der Waals surface area contributed by atoms with Gasteiger partial charge >= 0.3 is 12.5 Å². The number of carbonyl (C=O) groups excluding carboxylic acids is 2. The first-order chi connectivity index (χ1) is 16.8. The first-order valence-electron chi connectivity index (χ1n) is 10.4. The molecule has 1 aliphatic heterocycles. The lowest BCUT2D eigenvalue weighted by molar-refractivity contribution is -0.274. The second-order valence-electron chi connectivity index (χ2n) is 7.82. The maximum atomic E-state index is 13.5. The normalized spacial score (nSPS) is 19.1. The Hall–Kier alpha value is -3.90. The Kier molecular flexibility index (Phi) is 7.70. The first kappa shape index (κ1) is 26.7. The van der Waals surface area contributed by atoms with Crippen LogP contribution in [0.5, 0.6) is 5.75 Å². The van der Waals surface area contributed by atoms with Crippen molar-refractivity contribution >= 4 is 29.9 Å². The predicted octanol–water partition coefficient (Wildman–Crippen LogP) is 4.66. The topological polar surface area (TPSA) is 94.9 Å². The van der Waals surface area contributed by atoms with Gasteiger partial charge in [-0.3, -0.25) is 9.59 Å². The smallest absolute Gasteiger partial charge is 0.406 e. The summed E-state index contributed by atoms with van der Waals surface area (Å²) in [5.41, 5.74) is -0.139. The van der Waals surface area contributed by atoms with Crippen molar-refractivity contribution in [1.82, 2.24) is 4.90 Å². The van der Waals surface area contributed by atoms with E-state index >= 15 is 0 Å². The van der Waals surface area contributed by atoms with Gasteiger partial charge in [0, 0.05) is 36.8 Å². The molecule has 13 heteroatoms. The number of anilines is 1. The van der Waals surface area contributed by atoms with Gasteiger partial charge in [0.1, 0.15) is 12.3 Å². The zero-order valence-corrected chi connectivity index (χ0v) is 18.6. The second-order valence-corrected chi connectivity index (χ2v) is 7.82. The van der Waals surface area contributed by atoms with Gasteiger partial charge in [0.15, 0.2) is 0 Å². The van der Waals surface area contributed by atoms with E-state index in [2.05, 4.69) is 15.0 Å². The van der Waals surface area contributed by atoms with Crippen LogP contribution in [0.25, 0.3) is 0 Å². The minimum atomic E-state index is -4.98. The highest BCUT2D eigenvalue weighted by Gasteiger charge is 2.49. The van der Waals surface area contributed by atoms with Gasteiger partial charge in [-0.2, -0.15) is 13.2 Å². The highest BCUT2D eigenvalue weighted by molar-refractivity contribution is 6.05. The lowest BCUT2D eigenvalue weighted by atomic mass is 9.77. The number of ether oxygens (including phenoxy) is 1. The molecule has 2 aromatic carbocycles. The van der Waals surface area contributed by atoms with Crippen molar-refractivity contribution in [2.45, 2.75) is 24.5 Å². The van der Waals surface area contributed by atoms with Gasteiger partial charge < -0.3 is 25.4 Å². The zero-order valence-electron chi connectivity index (χ0n) is 18.6. The third-order valence-electron chi connectivity index (χ3n) is 5.36. The van der Waals surface area contributed by atoms with Crippen molar-refractivity contribution in [2.24, 2.45) is 10.9 Å². The molecular formula is C23H20F6N4O3. The molecule has 0 fully saturated rings. The minimum absolute atomic E-state index is 0.113. The molecule has 2 N–H and O–H groups in total. The van der Waals surface area contributed by atoms with Crippen LogP contribution in [-0.4, -0.2) is 61.3 Å². The van der Waals surface area contributed by atoms with Gasteiger partial charge in [-0.1, -0.05) is 24.3 Å². The van der Waals surface area contributed by atoms with Crippen molar-refractivity contribution in [3.63, 3.8) is 0 Å². The molecule has 0 bridgehead atoms. The maximum absolute atomic E-state index is 13.5. The quantitative estimate of drug-likeness (QED) is 0.416. The van der Waals surface area contributed by atoms with Crippen molar-refractivity contribution in [2.75, 3.05) is 18.9 Å². The van der Waals surface area contributed by atoms with Gasteiger partial charge in [0.2, 0.25) is 5.91 Å². The number of aliphatic imine (C=N–C) groups is 1. The van der Waals surface area contributed by atoms with Crippen LogP contribution in [0.2, 0.25) is 0 Å². The van der Waals surface area contributed by atoms with Crippen LogP contribution in [-0.2, 0) is 4.79 Å². The third-order valence-corrected chi connectivity index (χ3v) is 5.36. The van der Waals surface area contributed by atoms with Crippen LogP contribution in [0.15, 0.2) is 53.5 Å². The lowest BCUT2D eigenvalue weighted by Crippen LogP contribution is -2.57. The number of carbonyl (C=O) groups is 2. The molecule has 2 aromatic rings. The monoisotopic (exact) mass is 514 g/mol. The Bertz CT molecular complexity index is 1170. The molecule has 1 aliphatic rings. The van der Waals surface area contributed by atoms with Crippen LogP contribution in [0.3, 0.4) is 0 Å². The van der Waals surface area contributed by atoms with Crippen molar-refractivity contribution < 1.29 is 40.7 Å². The molecule has 0 aromatic heterocycles. The van der Waals surface area contributed by atoms with Crippen molar-refractivity contribution in [3.05, 3.63) is 59.7 Å². The summed E-state index contributed by atoms with van der Waals surface area (Å²) >= 11 is 0. The zero-order chi connectivity index (χ0) is 26.7. The number of benzene rings is 2. The molecule has 7 nitrogen and oxygen atoms in total. The molecule has 1 unspecified atom stereocenters. The van der Waals surface area contributed by atoms with Crippen LogP contribution < -0.4 is 10.1 Å². The standard InChI is InChI=1S/C23H20F6N4O3/c1-31-11-13(10-30)19-18(20(34)32-14-5-4-6-15(9-14)36-23(27,28)29)16-7-2-3-8-17(16)21(35)33(19)12-22(24,25)26/h2-11,13,18-19,30H,12H2,1H3,(H,32,34)/t13?,18-,19+/m1/s1. The fourth-order valence-electron chi connectivity index (χ4n) is 4.11. The summed E-state index contributed by atoms with van der Waals surface area (Å²) < 4.78 is 82.0. The summed E-state index contributed by atoms with van der Waals surface area (Å²) in [4.78, 5) is 30.8. The number of nitrogens with one attached hydrogen (secondary N) is 2. The van der Waals surface area contributed by atoms with Crippen LogP contribution in [0, 0.1) is 11.3 Å². The summed E-state index contributed by atoms with van der Waals surface area (Å²) in [6.45, 7) is -1.69. The van der Waals surface area contributed by atoms with Crippen LogP contribution >= 0.6 is 0 Å². The average molecular weight is 514 g/mol. The molecule has 192 valence electrons. The van der Waals surface area contributed by atoms with Gasteiger partial charge in [-0.25, -0.2) is 0 Å². The van der Waals surface area contributed by atoms with E-state index in [1.165, 1.54) is 43.4 Å². The molecule has 36 heavy (non-hydrogen) atoms. The Labute approximate surface area is 201 Å². The summed E-state index contributed by atoms with van der Waals surface area (Å²) in [5.74, 6) is -5.09. The van der Waals surface area contributed by atoms with Gasteiger partial charge in [0.25, 0.3) is 5.91 Å². The second kappa shape index (κ2) is 10.4. The largest absolute Gasteiger partial charge is 0.573 e. The van der Waals surface area contributed by atoms with Crippen molar-refractivity contribution in [3.8, 4) is 5.75 Å². The molecule has 0 aliphatic carbocycles. The van der Waals surface area contributed by atoms with E-state index in [-0.39, 0.29) is 16.8 Å². The highest BCUT2D eigenvalue weighted by Crippen LogP contribution is 2.39. The Morgan fingerprint density at radius 3 is 2.47 bits per heavy atom. The summed E-state index contributed by atoms with van der Waals surface area (Å²) in [6.07, 6.45) is -7.87. The molecule has 2 amide bonds. The van der Waals surface area contributed by atoms with Gasteiger partial charge in [0.05, 0.1) is 17.9 Å². The number of halogens is 6. The molecule has 0 spiro atoms. The highest BCUT2D eigenvalue weighted by atomic mass is 19.4. The number of rotatable bonds is 7. The lowest BCUT2D eigenvalue weighted by Gasteiger charge is -2.43. The summed E-state index contributed by atoms with van der Waals surface area (Å²) in [6, 6.07) is 8.47. The third kappa shape index (κ3) is 6.20. The molecule has 0 radical (unpaired) electrons. The average Bonchev–Trinajstić information content (AvgIpc) is 2.77. The number of alkyl halides is 6. The fourth-order valence-corrected chi connectivity index (χ4v) is 4.11. The number of fused-ring (bicyclic) bond motifs is 1. The van der Waals surface area contributed by atoms with E-state index in [4.69, 9.17) is 5.41 Å². The van der Waals surface area contributed by atoms with E-state index in [0.717, 1.165) is 24.6 Å². The number of hydrogen-bond donors (Lipinski definition) is 2. The Morgan fingerprint density at radius 2 is 1.86 bits per heavy atom. The number of amides is 2. The molecule has 0 saturated heterocycles. The Balaban J connectivity index is 2.09. The van der Waals surface area contributed by atoms with E-state index in [0.29, 0.717) is 4.90 Å². The molecular weight excluding hydrogens is 494 g/mol. The first-order valence-corrected chi connectivity index (χ1v) is 10.4. The summed E-state index contributed by atoms with van der Waals surface area (Å²) in [5, 5.41) is 10.1. The predicted molar refractivity (Wildman–Crippen MR) is 119 cm³/mol. The van der Waals surface area contributed by atoms with E-state index < -0.39 is 54.5 Å². The minimum Gasteiger partial charge on any atom is -0.406 e. The summed E-state index contributed by atoms with van der Waals surface area (Å²) in [7, 11) is 1.32. The van der Waals surface area contributed by atoms with Crippen molar-refractivity contribution in [1.29, 1.82) is 5.41 Å². The van der Waals surface area contributed by atoms with Crippen LogP contribution in [0.4, 0.5) is 32.0 Å².